The number of carbonyl (C=O) groups excluding carboxylic acids is 2. The monoisotopic (exact) mass is 362 g/mol. The topological polar surface area (TPSA) is 40.6 Å². The highest BCUT2D eigenvalue weighted by molar-refractivity contribution is 7.09. The molecule has 4 nitrogen and oxygen atoms in total. The summed E-state index contributed by atoms with van der Waals surface area (Å²) >= 11 is 7.63. The van der Waals surface area contributed by atoms with Gasteiger partial charge < -0.3 is 9.80 Å². The van der Waals surface area contributed by atoms with E-state index < -0.39 is 0 Å². The minimum Gasteiger partial charge on any atom is -0.339 e. The third-order valence-electron chi connectivity index (χ3n) is 4.16. The van der Waals surface area contributed by atoms with Crippen molar-refractivity contribution in [1.82, 2.24) is 9.80 Å². The van der Waals surface area contributed by atoms with E-state index in [9.17, 15) is 9.59 Å². The molecule has 1 fully saturated rings. The summed E-state index contributed by atoms with van der Waals surface area (Å²) in [7, 11) is 0. The second-order valence-corrected chi connectivity index (χ2v) is 7.23. The second-order valence-electron chi connectivity index (χ2n) is 5.76. The van der Waals surface area contributed by atoms with Crippen molar-refractivity contribution in [3.8, 4) is 0 Å². The summed E-state index contributed by atoms with van der Waals surface area (Å²) in [6, 6.07) is 11.0. The molecule has 6 heteroatoms. The summed E-state index contributed by atoms with van der Waals surface area (Å²) in [6.45, 7) is 2.32. The van der Waals surface area contributed by atoms with Crippen LogP contribution in [0.3, 0.4) is 0 Å². The van der Waals surface area contributed by atoms with Crippen LogP contribution < -0.4 is 0 Å². The van der Waals surface area contributed by atoms with Crippen molar-refractivity contribution in [2.24, 2.45) is 0 Å². The quantitative estimate of drug-likeness (QED) is 0.837. The van der Waals surface area contributed by atoms with Gasteiger partial charge in [0.05, 0.1) is 0 Å². The van der Waals surface area contributed by atoms with Crippen LogP contribution in [-0.2, 0) is 11.2 Å². The van der Waals surface area contributed by atoms with Crippen molar-refractivity contribution in [2.45, 2.75) is 12.8 Å². The molecule has 1 saturated heterocycles. The van der Waals surface area contributed by atoms with E-state index >= 15 is 0 Å². The average Bonchev–Trinajstić information content (AvgIpc) is 3.13. The molecule has 1 aliphatic heterocycles. The minimum atomic E-state index is -0.0248. The summed E-state index contributed by atoms with van der Waals surface area (Å²) in [4.78, 5) is 29.6. The minimum absolute atomic E-state index is 0.0248. The Kier molecular flexibility index (Phi) is 5.53. The van der Waals surface area contributed by atoms with E-state index in [1.807, 2.05) is 16.3 Å². The van der Waals surface area contributed by atoms with E-state index in [4.69, 9.17) is 11.6 Å². The van der Waals surface area contributed by atoms with E-state index in [0.29, 0.717) is 43.2 Å². The van der Waals surface area contributed by atoms with Crippen molar-refractivity contribution in [2.75, 3.05) is 26.2 Å². The average molecular weight is 363 g/mol. The Morgan fingerprint density at radius 3 is 2.46 bits per heavy atom. The van der Waals surface area contributed by atoms with Crippen LogP contribution in [0.5, 0.6) is 0 Å². The Balaban J connectivity index is 1.50. The molecule has 0 unspecified atom stereocenters. The first-order valence-electron chi connectivity index (χ1n) is 7.98. The van der Waals surface area contributed by atoms with Crippen LogP contribution in [-0.4, -0.2) is 47.8 Å². The van der Waals surface area contributed by atoms with E-state index in [1.54, 1.807) is 40.5 Å². The van der Waals surface area contributed by atoms with Gasteiger partial charge in [-0.15, -0.1) is 11.3 Å². The predicted molar refractivity (Wildman–Crippen MR) is 96.6 cm³/mol. The molecule has 126 valence electrons. The Labute approximate surface area is 150 Å². The molecule has 24 heavy (non-hydrogen) atoms. The van der Waals surface area contributed by atoms with Crippen molar-refractivity contribution in [1.29, 1.82) is 0 Å². The molecule has 1 aromatic carbocycles. The zero-order valence-electron chi connectivity index (χ0n) is 13.3. The van der Waals surface area contributed by atoms with Crippen molar-refractivity contribution in [3.63, 3.8) is 0 Å². The van der Waals surface area contributed by atoms with Gasteiger partial charge in [-0.3, -0.25) is 9.59 Å². The van der Waals surface area contributed by atoms with Gasteiger partial charge in [-0.05, 0) is 36.1 Å². The SMILES string of the molecule is O=C(CCc1cccs1)N1CCN(C(=O)c2cccc(Cl)c2)CC1. The van der Waals surface area contributed by atoms with Crippen LogP contribution in [0.15, 0.2) is 41.8 Å². The summed E-state index contributed by atoms with van der Waals surface area (Å²) in [6.07, 6.45) is 1.32. The lowest BCUT2D eigenvalue weighted by atomic mass is 10.1. The first-order chi connectivity index (χ1) is 11.6. The third-order valence-corrected chi connectivity index (χ3v) is 5.33. The number of benzene rings is 1. The number of hydrogen-bond donors (Lipinski definition) is 0. The van der Waals surface area contributed by atoms with Gasteiger partial charge in [-0.25, -0.2) is 0 Å². The number of halogens is 1. The molecule has 0 N–H and O–H groups in total. The van der Waals surface area contributed by atoms with Gasteiger partial charge in [0.2, 0.25) is 5.91 Å². The zero-order valence-corrected chi connectivity index (χ0v) is 14.9. The molecule has 0 spiro atoms. The highest BCUT2D eigenvalue weighted by Crippen LogP contribution is 2.15. The third kappa shape index (κ3) is 4.16. The van der Waals surface area contributed by atoms with Gasteiger partial charge in [-0.2, -0.15) is 0 Å². The van der Waals surface area contributed by atoms with E-state index in [0.717, 1.165) is 6.42 Å². The number of rotatable bonds is 4. The first kappa shape index (κ1) is 17.0. The summed E-state index contributed by atoms with van der Waals surface area (Å²) in [5.74, 6) is 0.140. The number of piperazine rings is 1. The maximum Gasteiger partial charge on any atom is 0.254 e. The Bertz CT molecular complexity index is 710. The van der Waals surface area contributed by atoms with Crippen LogP contribution in [0.2, 0.25) is 5.02 Å². The molecule has 0 radical (unpaired) electrons. The molecule has 1 aliphatic rings. The smallest absolute Gasteiger partial charge is 0.254 e. The highest BCUT2D eigenvalue weighted by atomic mass is 35.5. The lowest BCUT2D eigenvalue weighted by Crippen LogP contribution is -2.50. The lowest BCUT2D eigenvalue weighted by molar-refractivity contribution is -0.132. The number of amides is 2. The number of thiophene rings is 1. The van der Waals surface area contributed by atoms with Crippen LogP contribution >= 0.6 is 22.9 Å². The molecule has 1 aromatic heterocycles. The number of hydrogen-bond acceptors (Lipinski definition) is 3. The lowest BCUT2D eigenvalue weighted by Gasteiger charge is -2.35. The zero-order chi connectivity index (χ0) is 16.9. The largest absolute Gasteiger partial charge is 0.339 e. The van der Waals surface area contributed by atoms with Gasteiger partial charge in [0.25, 0.3) is 5.91 Å². The van der Waals surface area contributed by atoms with Gasteiger partial charge in [0, 0.05) is 48.1 Å². The van der Waals surface area contributed by atoms with Crippen LogP contribution in [0.4, 0.5) is 0 Å². The van der Waals surface area contributed by atoms with Crippen molar-refractivity contribution in [3.05, 3.63) is 57.2 Å². The van der Waals surface area contributed by atoms with E-state index in [1.165, 1.54) is 4.88 Å². The Morgan fingerprint density at radius 2 is 1.79 bits per heavy atom. The van der Waals surface area contributed by atoms with Gasteiger partial charge in [0.15, 0.2) is 0 Å². The molecule has 2 amide bonds. The summed E-state index contributed by atoms with van der Waals surface area (Å²) in [5.41, 5.74) is 0.597. The fraction of sp³-hybridized carbons (Fsp3) is 0.333. The van der Waals surface area contributed by atoms with Crippen LogP contribution in [0, 0.1) is 0 Å². The van der Waals surface area contributed by atoms with E-state index in [-0.39, 0.29) is 11.8 Å². The summed E-state index contributed by atoms with van der Waals surface area (Å²) < 4.78 is 0. The van der Waals surface area contributed by atoms with Crippen molar-refractivity contribution >= 4 is 34.8 Å². The fourth-order valence-corrected chi connectivity index (χ4v) is 3.71. The molecule has 2 aromatic rings. The summed E-state index contributed by atoms with van der Waals surface area (Å²) in [5, 5.41) is 2.59. The number of aryl methyl sites for hydroxylation is 1. The van der Waals surface area contributed by atoms with Gasteiger partial charge in [-0.1, -0.05) is 23.7 Å². The molecule has 0 bridgehead atoms. The molecule has 3 rings (SSSR count). The van der Waals surface area contributed by atoms with Crippen LogP contribution in [0.1, 0.15) is 21.7 Å². The number of nitrogens with zero attached hydrogens (tertiary/aromatic N) is 2. The van der Waals surface area contributed by atoms with Gasteiger partial charge in [0.1, 0.15) is 0 Å². The predicted octanol–water partition coefficient (Wildman–Crippen LogP) is 3.32. The molecular weight excluding hydrogens is 344 g/mol. The maximum atomic E-state index is 12.5. The van der Waals surface area contributed by atoms with Gasteiger partial charge >= 0.3 is 0 Å². The fourth-order valence-electron chi connectivity index (χ4n) is 2.81. The van der Waals surface area contributed by atoms with Crippen LogP contribution in [0.25, 0.3) is 0 Å². The Morgan fingerprint density at radius 1 is 1.04 bits per heavy atom. The normalized spacial score (nSPS) is 14.7. The number of carbonyl (C=O) groups is 2. The molecule has 2 heterocycles. The first-order valence-corrected chi connectivity index (χ1v) is 9.24. The molecule has 0 atom stereocenters. The molecular formula is C18H19ClN2O2S. The molecule has 0 aliphatic carbocycles. The standard InChI is InChI=1S/C18H19ClN2O2S/c19-15-4-1-3-14(13-15)18(23)21-10-8-20(9-11-21)17(22)7-6-16-5-2-12-24-16/h1-5,12-13H,6-11H2. The van der Waals surface area contributed by atoms with E-state index in [2.05, 4.69) is 6.07 Å². The Hall–Kier alpha value is -1.85. The van der Waals surface area contributed by atoms with Crippen molar-refractivity contribution < 1.29 is 9.59 Å². The maximum absolute atomic E-state index is 12.5. The highest BCUT2D eigenvalue weighted by Gasteiger charge is 2.24. The molecule has 0 saturated carbocycles. The second kappa shape index (κ2) is 7.81.